The molecular formula is C10H18N4O. The Morgan fingerprint density at radius 3 is 2.27 bits per heavy atom. The number of nitrogens with two attached hydrogens (primary N) is 1. The third-order valence-electron chi connectivity index (χ3n) is 1.98. The Balaban J connectivity index is 2.98. The Morgan fingerprint density at radius 1 is 1.13 bits per heavy atom. The van der Waals surface area contributed by atoms with Gasteiger partial charge in [0.25, 0.3) is 0 Å². The van der Waals surface area contributed by atoms with Crippen molar-refractivity contribution in [1.29, 1.82) is 0 Å². The molecule has 0 saturated carbocycles. The van der Waals surface area contributed by atoms with Crippen molar-refractivity contribution in [2.75, 3.05) is 12.3 Å². The summed E-state index contributed by atoms with van der Waals surface area (Å²) in [5.74, 6) is 1.82. The highest BCUT2D eigenvalue weighted by Gasteiger charge is 2.13. The van der Waals surface area contributed by atoms with E-state index in [1.54, 1.807) is 0 Å². The van der Waals surface area contributed by atoms with Gasteiger partial charge < -0.3 is 10.5 Å². The molecular weight excluding hydrogens is 192 g/mol. The Morgan fingerprint density at radius 2 is 1.73 bits per heavy atom. The van der Waals surface area contributed by atoms with E-state index in [1.165, 1.54) is 0 Å². The maximum absolute atomic E-state index is 5.61. The average molecular weight is 210 g/mol. The normalized spacial score (nSPS) is 13.1. The maximum atomic E-state index is 5.61. The zero-order chi connectivity index (χ0) is 11.4. The van der Waals surface area contributed by atoms with Gasteiger partial charge in [-0.25, -0.2) is 4.98 Å². The van der Waals surface area contributed by atoms with Crippen LogP contribution in [0.5, 0.6) is 0 Å². The largest absolute Gasteiger partial charge is 0.371 e. The van der Waals surface area contributed by atoms with E-state index >= 15 is 0 Å². The number of hydrogen-bond donors (Lipinski definition) is 1. The number of anilines is 1. The summed E-state index contributed by atoms with van der Waals surface area (Å²) in [6.07, 6.45) is -0.141. The molecule has 0 radical (unpaired) electrons. The van der Waals surface area contributed by atoms with E-state index in [0.717, 1.165) is 0 Å². The van der Waals surface area contributed by atoms with Gasteiger partial charge in [-0.15, -0.1) is 0 Å². The number of ether oxygens (including phenoxy) is 1. The molecule has 84 valence electrons. The highest BCUT2D eigenvalue weighted by molar-refractivity contribution is 5.17. The molecule has 5 heteroatoms. The van der Waals surface area contributed by atoms with Crippen LogP contribution in [0.1, 0.15) is 51.4 Å². The second kappa shape index (κ2) is 5.02. The number of nitrogens with zero attached hydrogens (tertiary/aromatic N) is 3. The first-order valence-corrected chi connectivity index (χ1v) is 5.17. The molecule has 1 aromatic heterocycles. The molecule has 1 aromatic rings. The fraction of sp³-hybridized carbons (Fsp3) is 0.700. The lowest BCUT2D eigenvalue weighted by atomic mass is 10.2. The predicted octanol–water partition coefficient (Wildman–Crippen LogP) is 1.67. The van der Waals surface area contributed by atoms with Crippen molar-refractivity contribution in [3.63, 3.8) is 0 Å². The van der Waals surface area contributed by atoms with Crippen molar-refractivity contribution in [1.82, 2.24) is 15.0 Å². The molecule has 2 N–H and O–H groups in total. The van der Waals surface area contributed by atoms with Crippen LogP contribution in [0, 0.1) is 0 Å². The van der Waals surface area contributed by atoms with E-state index in [9.17, 15) is 0 Å². The van der Waals surface area contributed by atoms with Crippen LogP contribution in [-0.4, -0.2) is 21.6 Å². The molecule has 1 heterocycles. The van der Waals surface area contributed by atoms with Gasteiger partial charge in [0.2, 0.25) is 5.95 Å². The Bertz CT molecular complexity index is 327. The van der Waals surface area contributed by atoms with Crippen molar-refractivity contribution in [2.24, 2.45) is 0 Å². The molecule has 0 spiro atoms. The summed E-state index contributed by atoms with van der Waals surface area (Å²) >= 11 is 0. The summed E-state index contributed by atoms with van der Waals surface area (Å²) in [4.78, 5) is 12.5. The third kappa shape index (κ3) is 3.13. The summed E-state index contributed by atoms with van der Waals surface area (Å²) in [5, 5.41) is 0. The zero-order valence-corrected chi connectivity index (χ0v) is 9.69. The molecule has 0 aliphatic heterocycles. The van der Waals surface area contributed by atoms with Crippen LogP contribution in [0.15, 0.2) is 0 Å². The number of nitrogen functional groups attached to an aromatic ring is 1. The maximum Gasteiger partial charge on any atom is 0.223 e. The van der Waals surface area contributed by atoms with Crippen molar-refractivity contribution in [3.05, 3.63) is 11.6 Å². The van der Waals surface area contributed by atoms with E-state index in [-0.39, 0.29) is 18.0 Å². The van der Waals surface area contributed by atoms with Gasteiger partial charge in [-0.1, -0.05) is 13.8 Å². The van der Waals surface area contributed by atoms with Gasteiger partial charge in [-0.3, -0.25) is 0 Å². The quantitative estimate of drug-likeness (QED) is 0.818. The van der Waals surface area contributed by atoms with Gasteiger partial charge >= 0.3 is 0 Å². The third-order valence-corrected chi connectivity index (χ3v) is 1.98. The van der Waals surface area contributed by atoms with E-state index in [2.05, 4.69) is 15.0 Å². The lowest BCUT2D eigenvalue weighted by Crippen LogP contribution is -2.12. The average Bonchev–Trinajstić information content (AvgIpc) is 2.17. The first kappa shape index (κ1) is 11.8. The molecule has 1 unspecified atom stereocenters. The van der Waals surface area contributed by atoms with Gasteiger partial charge in [0.15, 0.2) is 5.82 Å². The zero-order valence-electron chi connectivity index (χ0n) is 9.69. The van der Waals surface area contributed by atoms with E-state index in [0.29, 0.717) is 18.3 Å². The second-order valence-electron chi connectivity index (χ2n) is 3.66. The van der Waals surface area contributed by atoms with Crippen molar-refractivity contribution >= 4 is 5.95 Å². The smallest absolute Gasteiger partial charge is 0.223 e. The Labute approximate surface area is 90.1 Å². The molecule has 5 nitrogen and oxygen atoms in total. The van der Waals surface area contributed by atoms with E-state index in [4.69, 9.17) is 10.5 Å². The van der Waals surface area contributed by atoms with Crippen LogP contribution in [-0.2, 0) is 4.74 Å². The van der Waals surface area contributed by atoms with Crippen molar-refractivity contribution in [3.8, 4) is 0 Å². The predicted molar refractivity (Wildman–Crippen MR) is 58.4 cm³/mol. The monoisotopic (exact) mass is 210 g/mol. The van der Waals surface area contributed by atoms with Crippen LogP contribution < -0.4 is 5.73 Å². The van der Waals surface area contributed by atoms with Crippen LogP contribution >= 0.6 is 0 Å². The van der Waals surface area contributed by atoms with E-state index < -0.39 is 0 Å². The molecule has 1 rings (SSSR count). The van der Waals surface area contributed by atoms with Crippen LogP contribution in [0.4, 0.5) is 5.95 Å². The summed E-state index contributed by atoms with van der Waals surface area (Å²) in [7, 11) is 0. The highest BCUT2D eigenvalue weighted by atomic mass is 16.5. The molecule has 0 bridgehead atoms. The molecule has 1 atom stereocenters. The van der Waals surface area contributed by atoms with Crippen LogP contribution in [0.2, 0.25) is 0 Å². The molecule has 0 aliphatic rings. The first-order valence-electron chi connectivity index (χ1n) is 5.17. The number of rotatable bonds is 4. The van der Waals surface area contributed by atoms with Crippen LogP contribution in [0.25, 0.3) is 0 Å². The Kier molecular flexibility index (Phi) is 3.96. The van der Waals surface area contributed by atoms with Crippen molar-refractivity contribution in [2.45, 2.75) is 39.7 Å². The highest BCUT2D eigenvalue weighted by Crippen LogP contribution is 2.16. The van der Waals surface area contributed by atoms with Gasteiger partial charge in [-0.2, -0.15) is 9.97 Å². The topological polar surface area (TPSA) is 73.9 Å². The first-order chi connectivity index (χ1) is 7.04. The fourth-order valence-corrected chi connectivity index (χ4v) is 1.19. The summed E-state index contributed by atoms with van der Waals surface area (Å²) < 4.78 is 5.41. The molecule has 0 aromatic carbocycles. The summed E-state index contributed by atoms with van der Waals surface area (Å²) in [6.45, 7) is 8.50. The number of hydrogen-bond acceptors (Lipinski definition) is 5. The molecule has 0 aliphatic carbocycles. The second-order valence-corrected chi connectivity index (χ2v) is 3.66. The number of aromatic nitrogens is 3. The van der Waals surface area contributed by atoms with Gasteiger partial charge in [-0.05, 0) is 13.8 Å². The minimum Gasteiger partial charge on any atom is -0.371 e. The standard InChI is InChI=1S/C10H18N4O/c1-5-15-7(4)9-12-8(6(2)3)13-10(11)14-9/h6-7H,5H2,1-4H3,(H2,11,12,13,14). The van der Waals surface area contributed by atoms with Crippen molar-refractivity contribution < 1.29 is 4.74 Å². The molecule has 0 saturated heterocycles. The minimum atomic E-state index is -0.141. The molecule has 0 fully saturated rings. The van der Waals surface area contributed by atoms with Gasteiger partial charge in [0.1, 0.15) is 11.9 Å². The molecule has 0 amide bonds. The molecule has 15 heavy (non-hydrogen) atoms. The lowest BCUT2D eigenvalue weighted by molar-refractivity contribution is 0.0697. The lowest BCUT2D eigenvalue weighted by Gasteiger charge is -2.12. The SMILES string of the molecule is CCOC(C)c1nc(N)nc(C(C)C)n1. The minimum absolute atomic E-state index is 0.141. The summed E-state index contributed by atoms with van der Waals surface area (Å²) in [5.41, 5.74) is 5.61. The van der Waals surface area contributed by atoms with Crippen LogP contribution in [0.3, 0.4) is 0 Å². The Hall–Kier alpha value is -1.23. The summed E-state index contributed by atoms with van der Waals surface area (Å²) in [6, 6.07) is 0. The van der Waals surface area contributed by atoms with Gasteiger partial charge in [0.05, 0.1) is 0 Å². The van der Waals surface area contributed by atoms with E-state index in [1.807, 2.05) is 27.7 Å². The van der Waals surface area contributed by atoms with Gasteiger partial charge in [0, 0.05) is 12.5 Å². The fourth-order valence-electron chi connectivity index (χ4n) is 1.19.